The van der Waals surface area contributed by atoms with E-state index in [9.17, 15) is 13.2 Å². The van der Waals surface area contributed by atoms with E-state index in [-0.39, 0.29) is 10.2 Å². The van der Waals surface area contributed by atoms with Crippen LogP contribution in [0.4, 0.5) is 0 Å². The van der Waals surface area contributed by atoms with Crippen LogP contribution in [0, 0.1) is 5.41 Å². The third-order valence-electron chi connectivity index (χ3n) is 2.36. The van der Waals surface area contributed by atoms with Gasteiger partial charge in [0, 0.05) is 10.2 Å². The first-order valence-electron chi connectivity index (χ1n) is 3.65. The van der Waals surface area contributed by atoms with Gasteiger partial charge in [0.25, 0.3) is 10.1 Å². The fraction of sp³-hybridized carbons (Fsp3) is 0.833. The highest BCUT2D eigenvalue weighted by Gasteiger charge is 2.54. The Morgan fingerprint density at radius 1 is 1.31 bits per heavy atom. The molecule has 1 unspecified atom stereocenters. The van der Waals surface area contributed by atoms with Gasteiger partial charge in [0.15, 0.2) is 4.37 Å². The molecule has 0 aromatic carbocycles. The number of hydrogen-bond donors (Lipinski definition) is 2. The number of hydrogen-bond acceptors (Lipinski definition) is 3. The van der Waals surface area contributed by atoms with Gasteiger partial charge in [0.2, 0.25) is 0 Å². The highest BCUT2D eigenvalue weighted by atomic mass is 32.2. The van der Waals surface area contributed by atoms with Crippen molar-refractivity contribution in [2.75, 3.05) is 0 Å². The number of carbonyl (C=O) groups is 1. The van der Waals surface area contributed by atoms with E-state index in [0.717, 1.165) is 0 Å². The molecular formula is C6H14O5SSi. The minimum absolute atomic E-state index is 0.167. The Bertz CT molecular complexity index is 314. The van der Waals surface area contributed by atoms with Crippen LogP contribution in [0.1, 0.15) is 20.8 Å². The molecule has 78 valence electrons. The molecule has 0 spiro atoms. The van der Waals surface area contributed by atoms with Gasteiger partial charge in [-0.15, -0.1) is 0 Å². The Labute approximate surface area is 80.3 Å². The summed E-state index contributed by atoms with van der Waals surface area (Å²) in [6.45, 7) is 4.42. The van der Waals surface area contributed by atoms with Gasteiger partial charge in [-0.1, -0.05) is 20.8 Å². The first-order chi connectivity index (χ1) is 5.44. The first kappa shape index (κ1) is 12.6. The number of rotatable bonds is 2. The Balaban J connectivity index is 5.64. The van der Waals surface area contributed by atoms with Crippen molar-refractivity contribution in [3.63, 3.8) is 0 Å². The summed E-state index contributed by atoms with van der Waals surface area (Å²) in [5, 5.41) is 8.80. The zero-order valence-corrected chi connectivity index (χ0v) is 10.8. The lowest BCUT2D eigenvalue weighted by Gasteiger charge is -2.34. The van der Waals surface area contributed by atoms with Gasteiger partial charge in [-0.05, 0) is 5.41 Å². The van der Waals surface area contributed by atoms with Crippen LogP contribution >= 0.6 is 0 Å². The second-order valence-electron chi connectivity index (χ2n) is 4.06. The minimum atomic E-state index is -4.56. The summed E-state index contributed by atoms with van der Waals surface area (Å²) in [7, 11) is -4.73. The molecule has 2 N–H and O–H groups in total. The molecule has 0 saturated carbocycles. The molecule has 0 fully saturated rings. The second-order valence-corrected chi connectivity index (χ2v) is 8.05. The van der Waals surface area contributed by atoms with Gasteiger partial charge >= 0.3 is 5.97 Å². The zero-order chi connectivity index (χ0) is 11.1. The molecule has 0 amide bonds. The molecule has 0 aromatic rings. The third-order valence-corrected chi connectivity index (χ3v) is 7.65. The summed E-state index contributed by atoms with van der Waals surface area (Å²) in [6, 6.07) is 0. The minimum Gasteiger partial charge on any atom is -0.480 e. The van der Waals surface area contributed by atoms with Crippen LogP contribution in [0.5, 0.6) is 0 Å². The van der Waals surface area contributed by atoms with Crippen LogP contribution in [0.2, 0.25) is 0 Å². The van der Waals surface area contributed by atoms with Crippen molar-refractivity contribution >= 4 is 26.3 Å². The number of carboxylic acids is 1. The summed E-state index contributed by atoms with van der Waals surface area (Å²) in [4.78, 5) is 10.8. The summed E-state index contributed by atoms with van der Waals surface area (Å²) < 4.78 is 28.7. The Morgan fingerprint density at radius 3 is 1.62 bits per heavy atom. The second kappa shape index (κ2) is 3.07. The third kappa shape index (κ3) is 1.92. The number of aliphatic carboxylic acids is 1. The maximum absolute atomic E-state index is 11.0. The zero-order valence-electron chi connectivity index (χ0n) is 8.03. The predicted molar refractivity (Wildman–Crippen MR) is 51.3 cm³/mol. The van der Waals surface area contributed by atoms with Gasteiger partial charge in [0.1, 0.15) is 0 Å². The first-order valence-corrected chi connectivity index (χ1v) is 6.09. The Hall–Kier alpha value is -0.403. The normalized spacial score (nSPS) is 18.2. The fourth-order valence-electron chi connectivity index (χ4n) is 0.818. The molecule has 5 nitrogen and oxygen atoms in total. The molecule has 0 aromatic heterocycles. The van der Waals surface area contributed by atoms with E-state index in [0.29, 0.717) is 0 Å². The van der Waals surface area contributed by atoms with E-state index in [4.69, 9.17) is 9.66 Å². The lowest BCUT2D eigenvalue weighted by Crippen LogP contribution is -2.56. The maximum Gasteiger partial charge on any atom is 0.323 e. The Morgan fingerprint density at radius 2 is 1.62 bits per heavy atom. The predicted octanol–water partition coefficient (Wildman–Crippen LogP) is -0.933. The van der Waals surface area contributed by atoms with E-state index in [2.05, 4.69) is 0 Å². The standard InChI is InChI=1S/C6H14O5SSi/c1-5(2,3)6(13,4(7)8)12(9,10)11/h1-3,13H3,(H,7,8)(H,9,10,11). The molecule has 0 rings (SSSR count). The molecule has 0 aliphatic heterocycles. The van der Waals surface area contributed by atoms with Crippen molar-refractivity contribution < 1.29 is 22.9 Å². The van der Waals surface area contributed by atoms with Gasteiger partial charge in [0.05, 0.1) is 0 Å². The average molecular weight is 226 g/mol. The molecule has 0 radical (unpaired) electrons. The van der Waals surface area contributed by atoms with Crippen molar-refractivity contribution in [1.29, 1.82) is 0 Å². The van der Waals surface area contributed by atoms with E-state index >= 15 is 0 Å². The lowest BCUT2D eigenvalue weighted by atomic mass is 9.91. The van der Waals surface area contributed by atoms with E-state index in [1.54, 1.807) is 0 Å². The maximum atomic E-state index is 11.0. The van der Waals surface area contributed by atoms with E-state index < -0.39 is 25.9 Å². The molecule has 0 heterocycles. The fourth-order valence-corrected chi connectivity index (χ4v) is 1.81. The smallest absolute Gasteiger partial charge is 0.323 e. The number of carboxylic acid groups (broad SMARTS) is 1. The summed E-state index contributed by atoms with van der Waals surface area (Å²) in [5.41, 5.74) is -1.02. The molecule has 0 aliphatic rings. The van der Waals surface area contributed by atoms with Gasteiger partial charge in [-0.25, -0.2) is 0 Å². The lowest BCUT2D eigenvalue weighted by molar-refractivity contribution is -0.140. The summed E-state index contributed by atoms with van der Waals surface area (Å²) >= 11 is 0. The molecule has 1 atom stereocenters. The molecule has 0 bridgehead atoms. The quantitative estimate of drug-likeness (QED) is 0.469. The van der Waals surface area contributed by atoms with E-state index in [1.165, 1.54) is 20.8 Å². The largest absolute Gasteiger partial charge is 0.480 e. The van der Waals surface area contributed by atoms with Gasteiger partial charge < -0.3 is 5.11 Å². The van der Waals surface area contributed by atoms with Crippen LogP contribution in [0.15, 0.2) is 0 Å². The van der Waals surface area contributed by atoms with Crippen LogP contribution < -0.4 is 0 Å². The highest BCUT2D eigenvalue weighted by molar-refractivity contribution is 7.89. The van der Waals surface area contributed by atoms with Crippen molar-refractivity contribution in [3.8, 4) is 0 Å². The van der Waals surface area contributed by atoms with Crippen LogP contribution in [-0.2, 0) is 14.9 Å². The highest BCUT2D eigenvalue weighted by Crippen LogP contribution is 2.34. The van der Waals surface area contributed by atoms with Crippen LogP contribution in [0.3, 0.4) is 0 Å². The van der Waals surface area contributed by atoms with E-state index in [1.807, 2.05) is 0 Å². The monoisotopic (exact) mass is 226 g/mol. The average Bonchev–Trinajstić information content (AvgIpc) is 1.80. The van der Waals surface area contributed by atoms with Gasteiger partial charge in [-0.2, -0.15) is 8.42 Å². The topological polar surface area (TPSA) is 91.7 Å². The Kier molecular flexibility index (Phi) is 2.97. The SMILES string of the molecule is CC(C)(C)C([SiH3])(C(=O)O)S(=O)(=O)O. The van der Waals surface area contributed by atoms with Crippen molar-refractivity contribution in [1.82, 2.24) is 0 Å². The molecule has 0 saturated heterocycles. The molecule has 13 heavy (non-hydrogen) atoms. The molecule has 0 aliphatic carbocycles. The van der Waals surface area contributed by atoms with Crippen LogP contribution in [-0.4, -0.2) is 38.7 Å². The summed E-state index contributed by atoms with van der Waals surface area (Å²) in [5.74, 6) is -1.49. The van der Waals surface area contributed by atoms with Crippen molar-refractivity contribution in [3.05, 3.63) is 0 Å². The molecule has 7 heteroatoms. The summed E-state index contributed by atoms with van der Waals surface area (Å²) in [6.07, 6.45) is 0. The van der Waals surface area contributed by atoms with Gasteiger partial charge in [-0.3, -0.25) is 9.35 Å². The van der Waals surface area contributed by atoms with Crippen LogP contribution in [0.25, 0.3) is 0 Å². The van der Waals surface area contributed by atoms with Crippen molar-refractivity contribution in [2.24, 2.45) is 5.41 Å². The molecular weight excluding hydrogens is 212 g/mol. The van der Waals surface area contributed by atoms with Crippen molar-refractivity contribution in [2.45, 2.75) is 25.1 Å².